The predicted octanol–water partition coefficient (Wildman–Crippen LogP) is 13.2. The van der Waals surface area contributed by atoms with E-state index < -0.39 is 0 Å². The van der Waals surface area contributed by atoms with Crippen LogP contribution in [0.5, 0.6) is 0 Å². The molecular weight excluding hydrogens is 645 g/mol. The van der Waals surface area contributed by atoms with Crippen LogP contribution in [0.4, 0.5) is 0 Å². The number of pyridine rings is 2. The van der Waals surface area contributed by atoms with E-state index in [1.165, 1.54) is 27.6 Å². The molecule has 4 heteroatoms. The summed E-state index contributed by atoms with van der Waals surface area (Å²) in [5.74, 6) is 0. The zero-order valence-electron chi connectivity index (χ0n) is 31.8. The number of aromatic amines is 1. The predicted molar refractivity (Wildman–Crippen MR) is 227 cm³/mol. The van der Waals surface area contributed by atoms with Gasteiger partial charge in [0.2, 0.25) is 0 Å². The second-order valence-corrected chi connectivity index (χ2v) is 16.8. The molecule has 8 aromatic rings. The first kappa shape index (κ1) is 33.0. The van der Waals surface area contributed by atoms with Gasteiger partial charge in [0.15, 0.2) is 0 Å². The zero-order valence-corrected chi connectivity index (χ0v) is 31.8. The molecule has 0 radical (unpaired) electrons. The van der Waals surface area contributed by atoms with Crippen LogP contribution in [0.2, 0.25) is 0 Å². The number of hydrogen-bond acceptors (Lipinski definition) is 3. The fourth-order valence-corrected chi connectivity index (χ4v) is 7.73. The summed E-state index contributed by atoms with van der Waals surface area (Å²) >= 11 is 0. The smallest absolute Gasteiger partial charge is 0.0972 e. The molecule has 0 amide bonds. The molecule has 1 N–H and O–H groups in total. The van der Waals surface area contributed by atoms with E-state index in [9.17, 15) is 0 Å². The molecule has 0 atom stereocenters. The van der Waals surface area contributed by atoms with Crippen molar-refractivity contribution in [3.63, 3.8) is 0 Å². The Morgan fingerprint density at radius 2 is 1.09 bits per heavy atom. The van der Waals surface area contributed by atoms with Crippen molar-refractivity contribution in [1.29, 1.82) is 0 Å². The van der Waals surface area contributed by atoms with Crippen molar-refractivity contribution in [1.82, 2.24) is 19.9 Å². The van der Waals surface area contributed by atoms with Gasteiger partial charge >= 0.3 is 0 Å². The maximum absolute atomic E-state index is 5.43. The second-order valence-electron chi connectivity index (χ2n) is 16.8. The largest absolute Gasteiger partial charge is 0.354 e. The van der Waals surface area contributed by atoms with Crippen LogP contribution in [0.3, 0.4) is 0 Å². The minimum absolute atomic E-state index is 0.0734. The van der Waals surface area contributed by atoms with Crippen LogP contribution < -0.4 is 0 Å². The van der Waals surface area contributed by atoms with E-state index >= 15 is 0 Å². The summed E-state index contributed by atoms with van der Waals surface area (Å²) < 4.78 is 0. The number of fused-ring (bicyclic) bond motifs is 14. The van der Waals surface area contributed by atoms with E-state index in [-0.39, 0.29) is 10.8 Å². The first-order valence-corrected chi connectivity index (χ1v) is 18.6. The maximum atomic E-state index is 5.43. The third-order valence-electron chi connectivity index (χ3n) is 10.9. The lowest BCUT2D eigenvalue weighted by molar-refractivity contribution is 0.591. The molecule has 1 aliphatic heterocycles. The molecule has 0 saturated heterocycles. The lowest BCUT2D eigenvalue weighted by Gasteiger charge is -2.20. The molecular formula is C49H44N4. The number of nitrogens with zero attached hydrogens (tertiary/aromatic N) is 3. The van der Waals surface area contributed by atoms with Gasteiger partial charge in [-0.2, -0.15) is 0 Å². The second kappa shape index (κ2) is 11.8. The van der Waals surface area contributed by atoms with Crippen molar-refractivity contribution in [2.45, 2.75) is 66.2 Å². The summed E-state index contributed by atoms with van der Waals surface area (Å²) in [5, 5.41) is 6.60. The number of rotatable bonds is 1. The zero-order chi connectivity index (χ0) is 36.8. The van der Waals surface area contributed by atoms with Crippen molar-refractivity contribution in [3.05, 3.63) is 137 Å². The van der Waals surface area contributed by atoms with E-state index in [1.54, 1.807) is 0 Å². The Morgan fingerprint density at radius 1 is 0.491 bits per heavy atom. The quantitative estimate of drug-likeness (QED) is 0.175. The monoisotopic (exact) mass is 688 g/mol. The van der Waals surface area contributed by atoms with Crippen LogP contribution in [0.15, 0.2) is 103 Å². The Kier molecular flexibility index (Phi) is 7.36. The number of nitrogens with one attached hydrogen (secondary N) is 1. The van der Waals surface area contributed by atoms with Gasteiger partial charge in [0, 0.05) is 48.9 Å². The molecule has 4 nitrogen and oxygen atoms in total. The number of aryl methyl sites for hydroxylation is 2. The summed E-state index contributed by atoms with van der Waals surface area (Å²) in [6.07, 6.45) is 4.33. The Bertz CT molecular complexity index is 2980. The van der Waals surface area contributed by atoms with Gasteiger partial charge in [-0.3, -0.25) is 0 Å². The lowest BCUT2D eigenvalue weighted by Crippen LogP contribution is -2.11. The van der Waals surface area contributed by atoms with Crippen LogP contribution in [-0.2, 0) is 10.8 Å². The van der Waals surface area contributed by atoms with Crippen LogP contribution in [0.25, 0.3) is 88.7 Å². The maximum Gasteiger partial charge on any atom is 0.0972 e. The van der Waals surface area contributed by atoms with E-state index in [2.05, 4.69) is 176 Å². The molecule has 0 aliphatic carbocycles. The number of H-pyrrole nitrogens is 1. The first-order valence-electron chi connectivity index (χ1n) is 18.6. The van der Waals surface area contributed by atoms with Crippen LogP contribution >= 0.6 is 0 Å². The van der Waals surface area contributed by atoms with E-state index in [4.69, 9.17) is 15.0 Å². The third kappa shape index (κ3) is 5.74. The van der Waals surface area contributed by atoms with E-state index in [0.717, 1.165) is 82.5 Å². The van der Waals surface area contributed by atoms with Crippen molar-refractivity contribution in [3.8, 4) is 11.1 Å². The van der Waals surface area contributed by atoms with E-state index in [1.807, 2.05) is 0 Å². The summed E-state index contributed by atoms with van der Waals surface area (Å²) in [4.78, 5) is 20.1. The molecule has 5 heterocycles. The molecule has 12 bridgehead atoms. The van der Waals surface area contributed by atoms with Gasteiger partial charge in [0.05, 0.1) is 33.5 Å². The molecule has 1 aliphatic rings. The highest BCUT2D eigenvalue weighted by atomic mass is 14.8. The van der Waals surface area contributed by atoms with Gasteiger partial charge in [-0.1, -0.05) is 95.6 Å². The van der Waals surface area contributed by atoms with Crippen LogP contribution in [0.1, 0.15) is 75.2 Å². The van der Waals surface area contributed by atoms with Gasteiger partial charge in [-0.05, 0) is 114 Å². The number of benzene rings is 4. The molecule has 260 valence electrons. The molecule has 4 aromatic heterocycles. The third-order valence-corrected chi connectivity index (χ3v) is 10.9. The Balaban J connectivity index is 1.53. The van der Waals surface area contributed by atoms with Gasteiger partial charge in [-0.15, -0.1) is 0 Å². The van der Waals surface area contributed by atoms with E-state index in [0.29, 0.717) is 0 Å². The van der Waals surface area contributed by atoms with Gasteiger partial charge in [0.25, 0.3) is 0 Å². The summed E-state index contributed by atoms with van der Waals surface area (Å²) in [6.45, 7) is 18.0. The van der Waals surface area contributed by atoms with Gasteiger partial charge in [0.1, 0.15) is 0 Å². The Morgan fingerprint density at radius 3 is 1.81 bits per heavy atom. The van der Waals surface area contributed by atoms with Gasteiger partial charge in [-0.25, -0.2) is 15.0 Å². The molecule has 0 spiro atoms. The highest BCUT2D eigenvalue weighted by Gasteiger charge is 2.19. The number of hydrogen-bond donors (Lipinski definition) is 1. The van der Waals surface area contributed by atoms with Crippen molar-refractivity contribution >= 4 is 77.6 Å². The average molecular weight is 689 g/mol. The Hall–Kier alpha value is -5.87. The fraction of sp³-hybridized carbons (Fsp3) is 0.204. The summed E-state index contributed by atoms with van der Waals surface area (Å²) in [7, 11) is 0. The number of aromatic nitrogens is 4. The van der Waals surface area contributed by atoms with Crippen LogP contribution in [0, 0.1) is 13.8 Å². The van der Waals surface area contributed by atoms with Crippen molar-refractivity contribution in [2.75, 3.05) is 0 Å². The van der Waals surface area contributed by atoms with Crippen molar-refractivity contribution in [2.24, 2.45) is 0 Å². The summed E-state index contributed by atoms with van der Waals surface area (Å²) in [6, 6.07) is 37.7. The fourth-order valence-electron chi connectivity index (χ4n) is 7.73. The molecule has 0 fully saturated rings. The SMILES string of the molecule is Cc1cccc(-c2c3nc(c4cc(C(C)(C)C)cc(c4)c4ccc5ccc6ccc(nc6c5n4)c4cc(C(C)(C)C)cc(c4C)c4ccc2[nH]4)C=C3)c1. The minimum Gasteiger partial charge on any atom is -0.354 e. The van der Waals surface area contributed by atoms with Crippen molar-refractivity contribution < 1.29 is 0 Å². The van der Waals surface area contributed by atoms with Crippen LogP contribution in [-0.4, -0.2) is 19.9 Å². The summed E-state index contributed by atoms with van der Waals surface area (Å²) in [5.41, 5.74) is 14.6. The molecule has 0 saturated carbocycles. The normalized spacial score (nSPS) is 12.8. The highest BCUT2D eigenvalue weighted by Crippen LogP contribution is 2.36. The molecule has 4 aromatic carbocycles. The molecule has 53 heavy (non-hydrogen) atoms. The highest BCUT2D eigenvalue weighted by molar-refractivity contribution is 6.07. The molecule has 9 rings (SSSR count). The minimum atomic E-state index is -0.0769. The standard InChI is InChI=1S/C49H44N4/c1-28-10-9-11-32(22-28)45-43-20-18-39(50-43)33-23-34(25-35(24-33)48(3,4)5)40-16-14-30-12-13-31-15-17-42(53-47(31)46(30)52-40)38-27-36(49(6,7)8)26-37(29(38)2)41-19-21-44(45)51-41/h9-27,51H,1-8H3. The first-order chi connectivity index (χ1) is 25.3. The Labute approximate surface area is 310 Å². The average Bonchev–Trinajstić information content (AvgIpc) is 3.81. The lowest BCUT2D eigenvalue weighted by atomic mass is 9.84. The topological polar surface area (TPSA) is 54.5 Å². The molecule has 0 unspecified atom stereocenters. The van der Waals surface area contributed by atoms with Gasteiger partial charge < -0.3 is 4.98 Å².